The van der Waals surface area contributed by atoms with E-state index in [1.165, 1.54) is 11.3 Å². The first-order chi connectivity index (χ1) is 9.60. The number of furan rings is 1. The molecule has 0 unspecified atom stereocenters. The van der Waals surface area contributed by atoms with Crippen LogP contribution in [0.2, 0.25) is 0 Å². The minimum atomic E-state index is -0.0384. The molecule has 2 aromatic rings. The number of rotatable bonds is 5. The molecule has 108 valence electrons. The van der Waals surface area contributed by atoms with Crippen molar-refractivity contribution in [2.75, 3.05) is 0 Å². The smallest absolute Gasteiger partial charge is 0.268 e. The van der Waals surface area contributed by atoms with E-state index in [-0.39, 0.29) is 5.91 Å². The zero-order valence-electron chi connectivity index (χ0n) is 12.6. The molecule has 0 saturated carbocycles. The Morgan fingerprint density at radius 3 is 2.65 bits per heavy atom. The molecule has 0 aliphatic heterocycles. The van der Waals surface area contributed by atoms with Gasteiger partial charge in [0.05, 0.1) is 12.8 Å². The Morgan fingerprint density at radius 1 is 1.35 bits per heavy atom. The first-order valence-corrected chi connectivity index (χ1v) is 7.09. The predicted octanol–water partition coefficient (Wildman–Crippen LogP) is 3.21. The zero-order chi connectivity index (χ0) is 14.7. The van der Waals surface area contributed by atoms with Crippen LogP contribution < -0.4 is 5.32 Å². The van der Waals surface area contributed by atoms with E-state index in [2.05, 4.69) is 30.7 Å². The third-order valence-electron chi connectivity index (χ3n) is 3.81. The highest BCUT2D eigenvalue weighted by atomic mass is 16.3. The van der Waals surface area contributed by atoms with Gasteiger partial charge >= 0.3 is 0 Å². The molecular formula is C16H22N2O2. The fourth-order valence-electron chi connectivity index (χ4n) is 2.82. The molecule has 4 heteroatoms. The van der Waals surface area contributed by atoms with Crippen LogP contribution >= 0.6 is 0 Å². The van der Waals surface area contributed by atoms with Crippen molar-refractivity contribution in [3.63, 3.8) is 0 Å². The molecule has 0 atom stereocenters. The van der Waals surface area contributed by atoms with Crippen LogP contribution in [0.3, 0.4) is 0 Å². The van der Waals surface area contributed by atoms with Gasteiger partial charge in [-0.1, -0.05) is 6.92 Å². The van der Waals surface area contributed by atoms with E-state index in [1.807, 2.05) is 19.1 Å². The molecule has 2 rings (SSSR count). The molecule has 0 aliphatic carbocycles. The van der Waals surface area contributed by atoms with Gasteiger partial charge in [0.25, 0.3) is 5.91 Å². The maximum atomic E-state index is 12.4. The number of carbonyl (C=O) groups is 1. The molecule has 0 fully saturated rings. The molecule has 0 aliphatic rings. The molecule has 1 N–H and O–H groups in total. The second kappa shape index (κ2) is 5.99. The van der Waals surface area contributed by atoms with Gasteiger partial charge in [-0.15, -0.1) is 0 Å². The second-order valence-corrected chi connectivity index (χ2v) is 4.90. The van der Waals surface area contributed by atoms with Gasteiger partial charge in [-0.3, -0.25) is 4.79 Å². The van der Waals surface area contributed by atoms with Gasteiger partial charge in [0.1, 0.15) is 11.5 Å². The number of hydrogen-bond acceptors (Lipinski definition) is 2. The Hall–Kier alpha value is -1.97. The Bertz CT molecular complexity index is 595. The fraction of sp³-hybridized carbons (Fsp3) is 0.438. The van der Waals surface area contributed by atoms with Crippen LogP contribution in [0.5, 0.6) is 0 Å². The van der Waals surface area contributed by atoms with E-state index in [1.54, 1.807) is 6.26 Å². The monoisotopic (exact) mass is 274 g/mol. The van der Waals surface area contributed by atoms with Gasteiger partial charge in [0.2, 0.25) is 0 Å². The maximum Gasteiger partial charge on any atom is 0.268 e. The van der Waals surface area contributed by atoms with Crippen molar-refractivity contribution in [2.45, 2.75) is 47.2 Å². The molecule has 0 saturated heterocycles. The molecule has 2 heterocycles. The standard InChI is InChI=1S/C16H22N2O2/c1-5-14-11(3)15(18(6-2)12(14)4)16(19)17-10-13-8-7-9-20-13/h7-9H,5-6,10H2,1-4H3,(H,17,19). The van der Waals surface area contributed by atoms with Crippen LogP contribution in [0.25, 0.3) is 0 Å². The van der Waals surface area contributed by atoms with Crippen LogP contribution in [-0.4, -0.2) is 10.5 Å². The summed E-state index contributed by atoms with van der Waals surface area (Å²) in [6.45, 7) is 9.52. The van der Waals surface area contributed by atoms with E-state index in [0.29, 0.717) is 6.54 Å². The molecule has 20 heavy (non-hydrogen) atoms. The molecule has 1 amide bonds. The summed E-state index contributed by atoms with van der Waals surface area (Å²) in [5.41, 5.74) is 4.32. The number of nitrogens with zero attached hydrogens (tertiary/aromatic N) is 1. The summed E-state index contributed by atoms with van der Waals surface area (Å²) < 4.78 is 7.32. The lowest BCUT2D eigenvalue weighted by atomic mass is 10.1. The summed E-state index contributed by atoms with van der Waals surface area (Å²) in [4.78, 5) is 12.4. The molecule has 4 nitrogen and oxygen atoms in total. The van der Waals surface area contributed by atoms with E-state index >= 15 is 0 Å². The zero-order valence-corrected chi connectivity index (χ0v) is 12.6. The van der Waals surface area contributed by atoms with Crippen LogP contribution in [0.1, 0.15) is 46.9 Å². The van der Waals surface area contributed by atoms with Gasteiger partial charge < -0.3 is 14.3 Å². The number of amides is 1. The minimum Gasteiger partial charge on any atom is -0.467 e. The van der Waals surface area contributed by atoms with Gasteiger partial charge in [0.15, 0.2) is 0 Å². The highest BCUT2D eigenvalue weighted by molar-refractivity contribution is 5.94. The first-order valence-electron chi connectivity index (χ1n) is 7.09. The predicted molar refractivity (Wildman–Crippen MR) is 78.8 cm³/mol. The van der Waals surface area contributed by atoms with Crippen molar-refractivity contribution >= 4 is 5.91 Å². The molecule has 0 bridgehead atoms. The normalized spacial score (nSPS) is 10.8. The number of aromatic nitrogens is 1. The molecule has 0 radical (unpaired) electrons. The average Bonchev–Trinajstić information content (AvgIpc) is 3.02. The van der Waals surface area contributed by atoms with Crippen molar-refractivity contribution in [3.8, 4) is 0 Å². The summed E-state index contributed by atoms with van der Waals surface area (Å²) in [5, 5.41) is 2.93. The summed E-state index contributed by atoms with van der Waals surface area (Å²) in [6.07, 6.45) is 2.56. The van der Waals surface area contributed by atoms with E-state index in [0.717, 1.165) is 30.0 Å². The Morgan fingerprint density at radius 2 is 2.10 bits per heavy atom. The highest BCUT2D eigenvalue weighted by Gasteiger charge is 2.20. The third-order valence-corrected chi connectivity index (χ3v) is 3.81. The van der Waals surface area contributed by atoms with E-state index < -0.39 is 0 Å². The summed E-state index contributed by atoms with van der Waals surface area (Å²) in [7, 11) is 0. The summed E-state index contributed by atoms with van der Waals surface area (Å²) in [5.74, 6) is 0.724. The Labute approximate surface area is 119 Å². The Balaban J connectivity index is 2.25. The van der Waals surface area contributed by atoms with E-state index in [9.17, 15) is 4.79 Å². The van der Waals surface area contributed by atoms with Crippen molar-refractivity contribution < 1.29 is 9.21 Å². The van der Waals surface area contributed by atoms with Crippen molar-refractivity contribution in [1.29, 1.82) is 0 Å². The second-order valence-electron chi connectivity index (χ2n) is 4.90. The van der Waals surface area contributed by atoms with Crippen molar-refractivity contribution in [3.05, 3.63) is 46.7 Å². The molecule has 2 aromatic heterocycles. The number of nitrogens with one attached hydrogen (secondary N) is 1. The van der Waals surface area contributed by atoms with Crippen molar-refractivity contribution in [2.24, 2.45) is 0 Å². The van der Waals surface area contributed by atoms with Crippen LogP contribution in [0.4, 0.5) is 0 Å². The lowest BCUT2D eigenvalue weighted by Crippen LogP contribution is -2.26. The molecule has 0 spiro atoms. The summed E-state index contributed by atoms with van der Waals surface area (Å²) in [6, 6.07) is 3.68. The van der Waals surface area contributed by atoms with Crippen LogP contribution in [0, 0.1) is 13.8 Å². The third kappa shape index (κ3) is 2.50. The summed E-state index contributed by atoms with van der Waals surface area (Å²) >= 11 is 0. The lowest BCUT2D eigenvalue weighted by Gasteiger charge is -2.09. The van der Waals surface area contributed by atoms with Gasteiger partial charge in [-0.05, 0) is 50.5 Å². The quantitative estimate of drug-likeness (QED) is 0.910. The number of carbonyl (C=O) groups excluding carboxylic acids is 1. The Kier molecular flexibility index (Phi) is 4.32. The SMILES string of the molecule is CCc1c(C)c(C(=O)NCc2ccco2)n(CC)c1C. The largest absolute Gasteiger partial charge is 0.467 e. The molecular weight excluding hydrogens is 252 g/mol. The van der Waals surface area contributed by atoms with Gasteiger partial charge in [-0.2, -0.15) is 0 Å². The van der Waals surface area contributed by atoms with Crippen LogP contribution in [0.15, 0.2) is 22.8 Å². The lowest BCUT2D eigenvalue weighted by molar-refractivity contribution is 0.0938. The minimum absolute atomic E-state index is 0.0384. The fourth-order valence-corrected chi connectivity index (χ4v) is 2.82. The number of hydrogen-bond donors (Lipinski definition) is 1. The van der Waals surface area contributed by atoms with Gasteiger partial charge in [-0.25, -0.2) is 0 Å². The maximum absolute atomic E-state index is 12.4. The van der Waals surface area contributed by atoms with E-state index in [4.69, 9.17) is 4.42 Å². The topological polar surface area (TPSA) is 47.2 Å². The van der Waals surface area contributed by atoms with Crippen molar-refractivity contribution in [1.82, 2.24) is 9.88 Å². The average molecular weight is 274 g/mol. The molecule has 0 aromatic carbocycles. The highest BCUT2D eigenvalue weighted by Crippen LogP contribution is 2.22. The first kappa shape index (κ1) is 14.4. The van der Waals surface area contributed by atoms with Crippen LogP contribution in [-0.2, 0) is 19.5 Å². The van der Waals surface area contributed by atoms with Gasteiger partial charge in [0, 0.05) is 12.2 Å².